The molecule has 9 heavy (non-hydrogen) atoms. The molecule has 6 heteroatoms. The second-order valence-electron chi connectivity index (χ2n) is 1.13. The van der Waals surface area contributed by atoms with Gasteiger partial charge in [0.1, 0.15) is 6.26 Å². The molecule has 1 aromatic heterocycles. The van der Waals surface area contributed by atoms with Crippen LogP contribution >= 0.6 is 8.25 Å². The summed E-state index contributed by atoms with van der Waals surface area (Å²) in [6.45, 7) is 0. The molecule has 0 radical (unpaired) electrons. The van der Waals surface area contributed by atoms with Gasteiger partial charge in [0.15, 0.2) is 0 Å². The standard InChI is InChI=1S/C3H2NO4P/c5-9(6)8-3-4-1-2-7-3/h1-2H/p+1. The zero-order valence-corrected chi connectivity index (χ0v) is 5.12. The van der Waals surface area contributed by atoms with Crippen LogP contribution < -0.4 is 4.52 Å². The lowest BCUT2D eigenvalue weighted by Crippen LogP contribution is -1.77. The zero-order valence-electron chi connectivity index (χ0n) is 4.22. The molecule has 1 atom stereocenters. The van der Waals surface area contributed by atoms with Crippen molar-refractivity contribution in [2.75, 3.05) is 0 Å². The van der Waals surface area contributed by atoms with Crippen molar-refractivity contribution in [3.8, 4) is 6.08 Å². The van der Waals surface area contributed by atoms with Crippen LogP contribution in [0.4, 0.5) is 0 Å². The fourth-order valence-electron chi connectivity index (χ4n) is 0.322. The quantitative estimate of drug-likeness (QED) is 0.625. The average Bonchev–Trinajstić information content (AvgIpc) is 2.15. The van der Waals surface area contributed by atoms with Crippen LogP contribution in [-0.2, 0) is 4.57 Å². The molecule has 1 heterocycles. The number of aromatic nitrogens is 1. The third-order valence-corrected chi connectivity index (χ3v) is 0.878. The van der Waals surface area contributed by atoms with Gasteiger partial charge in [-0.1, -0.05) is 0 Å². The van der Waals surface area contributed by atoms with Crippen LogP contribution in [-0.4, -0.2) is 9.88 Å². The molecule has 0 bridgehead atoms. The third-order valence-electron chi connectivity index (χ3n) is 0.566. The first kappa shape index (κ1) is 6.19. The molecule has 1 aromatic rings. The summed E-state index contributed by atoms with van der Waals surface area (Å²) in [7, 11) is -2.66. The van der Waals surface area contributed by atoms with Crippen molar-refractivity contribution in [1.29, 1.82) is 0 Å². The summed E-state index contributed by atoms with van der Waals surface area (Å²) in [5.41, 5.74) is 0. The summed E-state index contributed by atoms with van der Waals surface area (Å²) in [5.74, 6) is 0. The van der Waals surface area contributed by atoms with Crippen molar-refractivity contribution in [3.63, 3.8) is 0 Å². The van der Waals surface area contributed by atoms with Crippen LogP contribution in [0, 0.1) is 0 Å². The van der Waals surface area contributed by atoms with Gasteiger partial charge in [0, 0.05) is 4.57 Å². The van der Waals surface area contributed by atoms with Gasteiger partial charge in [0.05, 0.1) is 6.20 Å². The lowest BCUT2D eigenvalue weighted by Gasteiger charge is -1.74. The first-order chi connectivity index (χ1) is 4.29. The van der Waals surface area contributed by atoms with Crippen LogP contribution in [0.5, 0.6) is 6.08 Å². The smallest absolute Gasteiger partial charge is 0.414 e. The van der Waals surface area contributed by atoms with Crippen LogP contribution in [0.2, 0.25) is 0 Å². The van der Waals surface area contributed by atoms with Gasteiger partial charge < -0.3 is 4.42 Å². The van der Waals surface area contributed by atoms with Gasteiger partial charge in [0.25, 0.3) is 0 Å². The maximum absolute atomic E-state index is 9.89. The number of oxazole rings is 1. The molecule has 1 N–H and O–H groups in total. The maximum Gasteiger partial charge on any atom is 0.752 e. The average molecular weight is 148 g/mol. The molecule has 0 fully saturated rings. The minimum absolute atomic E-state index is 0.196. The van der Waals surface area contributed by atoms with Gasteiger partial charge in [0.2, 0.25) is 0 Å². The van der Waals surface area contributed by atoms with Crippen LogP contribution in [0.25, 0.3) is 0 Å². The van der Waals surface area contributed by atoms with Crippen molar-refractivity contribution >= 4 is 8.25 Å². The van der Waals surface area contributed by atoms with E-state index in [1.165, 1.54) is 12.5 Å². The van der Waals surface area contributed by atoms with E-state index in [0.717, 1.165) is 0 Å². The fraction of sp³-hybridized carbons (Fsp3) is 0. The van der Waals surface area contributed by atoms with Gasteiger partial charge in [-0.15, -0.1) is 4.89 Å². The first-order valence-electron chi connectivity index (χ1n) is 2.02. The normalized spacial score (nSPS) is 11.0. The highest BCUT2D eigenvalue weighted by atomic mass is 31.1. The molecule has 48 valence electrons. The molecule has 1 rings (SSSR count). The second kappa shape index (κ2) is 2.57. The number of hydrogen-bond donors (Lipinski definition) is 1. The van der Waals surface area contributed by atoms with E-state index in [-0.39, 0.29) is 6.08 Å². The van der Waals surface area contributed by atoms with E-state index >= 15 is 0 Å². The Morgan fingerprint density at radius 3 is 3.11 bits per heavy atom. The number of nitrogens with zero attached hydrogens (tertiary/aromatic N) is 1. The molecule has 0 aliphatic carbocycles. The lowest BCUT2D eigenvalue weighted by atomic mass is 11.0. The summed E-state index contributed by atoms with van der Waals surface area (Å²) in [6, 6.07) is 0. The van der Waals surface area contributed by atoms with Crippen molar-refractivity contribution in [3.05, 3.63) is 12.5 Å². The van der Waals surface area contributed by atoms with E-state index in [1.807, 2.05) is 0 Å². The van der Waals surface area contributed by atoms with E-state index in [1.54, 1.807) is 0 Å². The Kier molecular flexibility index (Phi) is 1.77. The predicted molar refractivity (Wildman–Crippen MR) is 27.0 cm³/mol. The highest BCUT2D eigenvalue weighted by molar-refractivity contribution is 7.32. The van der Waals surface area contributed by atoms with Crippen LogP contribution in [0.1, 0.15) is 0 Å². The largest absolute Gasteiger partial charge is 0.752 e. The monoisotopic (exact) mass is 148 g/mol. The molecule has 5 nitrogen and oxygen atoms in total. The highest BCUT2D eigenvalue weighted by Crippen LogP contribution is 2.19. The highest BCUT2D eigenvalue weighted by Gasteiger charge is 2.17. The zero-order chi connectivity index (χ0) is 6.69. The molecule has 0 amide bonds. The minimum atomic E-state index is -2.66. The van der Waals surface area contributed by atoms with Crippen molar-refractivity contribution in [2.24, 2.45) is 0 Å². The number of rotatable bonds is 2. The summed E-state index contributed by atoms with van der Waals surface area (Å²) >= 11 is 0. The van der Waals surface area contributed by atoms with Gasteiger partial charge in [-0.25, -0.2) is 0 Å². The van der Waals surface area contributed by atoms with Crippen LogP contribution in [0.3, 0.4) is 0 Å². The Morgan fingerprint density at radius 2 is 2.67 bits per heavy atom. The minimum Gasteiger partial charge on any atom is -0.414 e. The summed E-state index contributed by atoms with van der Waals surface area (Å²) in [5, 5.41) is 0. The predicted octanol–water partition coefficient (Wildman–Crippen LogP) is 0.703. The molecule has 0 saturated heterocycles. The van der Waals surface area contributed by atoms with Crippen molar-refractivity contribution < 1.29 is 18.4 Å². The van der Waals surface area contributed by atoms with E-state index in [2.05, 4.69) is 13.9 Å². The molecule has 0 aromatic carbocycles. The molecule has 0 spiro atoms. The second-order valence-corrected chi connectivity index (χ2v) is 1.79. The fourth-order valence-corrected chi connectivity index (χ4v) is 0.546. The first-order valence-corrected chi connectivity index (χ1v) is 3.15. The van der Waals surface area contributed by atoms with E-state index in [0.29, 0.717) is 0 Å². The molecule has 0 saturated carbocycles. The molecule has 0 aliphatic rings. The van der Waals surface area contributed by atoms with E-state index in [9.17, 15) is 4.57 Å². The maximum atomic E-state index is 9.89. The van der Waals surface area contributed by atoms with Crippen LogP contribution in [0.15, 0.2) is 16.9 Å². The summed E-state index contributed by atoms with van der Waals surface area (Å²) in [6.07, 6.45) is 2.36. The summed E-state index contributed by atoms with van der Waals surface area (Å²) < 4.78 is 18.5. The lowest BCUT2D eigenvalue weighted by molar-refractivity contribution is 0.336. The Balaban J connectivity index is 2.58. The Morgan fingerprint density at radius 1 is 1.89 bits per heavy atom. The Labute approximate surface area is 51.2 Å². The molecule has 1 unspecified atom stereocenters. The topological polar surface area (TPSA) is 72.6 Å². The summed E-state index contributed by atoms with van der Waals surface area (Å²) in [4.78, 5) is 11.5. The third kappa shape index (κ3) is 1.79. The molecule has 0 aliphatic heterocycles. The van der Waals surface area contributed by atoms with E-state index < -0.39 is 8.25 Å². The van der Waals surface area contributed by atoms with Gasteiger partial charge in [-0.2, -0.15) is 9.51 Å². The molecular weight excluding hydrogens is 145 g/mol. The van der Waals surface area contributed by atoms with Gasteiger partial charge >= 0.3 is 14.3 Å². The number of hydrogen-bond acceptors (Lipinski definition) is 4. The van der Waals surface area contributed by atoms with Crippen molar-refractivity contribution in [2.45, 2.75) is 0 Å². The van der Waals surface area contributed by atoms with Crippen molar-refractivity contribution in [1.82, 2.24) is 4.98 Å². The van der Waals surface area contributed by atoms with E-state index in [4.69, 9.17) is 4.89 Å². The SMILES string of the molecule is O=[P+](O)Oc1ncco1. The Bertz CT molecular complexity index is 196. The van der Waals surface area contributed by atoms with Gasteiger partial charge in [-0.3, -0.25) is 0 Å². The molecular formula is C3H3NO4P+. The van der Waals surface area contributed by atoms with Gasteiger partial charge in [-0.05, 0) is 0 Å². The Hall–Kier alpha value is -0.930.